The molecule has 0 heterocycles. The third-order valence-electron chi connectivity index (χ3n) is 2.37. The van der Waals surface area contributed by atoms with Crippen molar-refractivity contribution in [3.05, 3.63) is 46.4 Å². The Hall–Kier alpha value is -0.810. The summed E-state index contributed by atoms with van der Waals surface area (Å²) in [4.78, 5) is 1.81. The summed E-state index contributed by atoms with van der Waals surface area (Å²) in [7, 11) is 1.63. The summed E-state index contributed by atoms with van der Waals surface area (Å²) in [6.07, 6.45) is 0. The van der Waals surface area contributed by atoms with Crippen molar-refractivity contribution in [3.8, 4) is 5.75 Å². The topological polar surface area (TPSA) is 21.6 Å². The molecule has 0 bridgehead atoms. The van der Waals surface area contributed by atoms with E-state index in [1.807, 2.05) is 24.3 Å². The van der Waals surface area contributed by atoms with E-state index in [1.54, 1.807) is 19.2 Å². The second-order valence-electron chi connectivity index (χ2n) is 3.61. The van der Waals surface area contributed by atoms with Gasteiger partial charge in [0, 0.05) is 22.2 Å². The van der Waals surface area contributed by atoms with Crippen LogP contribution in [0.2, 0.25) is 10.0 Å². The molecule has 0 spiro atoms. The SMILES string of the molecule is COc1ccc(Sc2c(Cl)cc(N=S)cc2Cl)cc1. The second kappa shape index (κ2) is 6.57. The number of ether oxygens (including phenoxy) is 1. The van der Waals surface area contributed by atoms with Gasteiger partial charge in [0.15, 0.2) is 0 Å². The lowest BCUT2D eigenvalue weighted by Gasteiger charge is -2.08. The minimum absolute atomic E-state index is 0.539. The molecule has 0 N–H and O–H groups in total. The highest BCUT2D eigenvalue weighted by molar-refractivity contribution is 7.99. The standard InChI is InChI=1S/C13H9Cl2NOS2/c1-17-9-2-4-10(5-3-9)19-13-11(14)6-8(16-18)7-12(13)15/h2-7H,1H3. The summed E-state index contributed by atoms with van der Waals surface area (Å²) in [5, 5.41) is 1.08. The Morgan fingerprint density at radius 3 is 2.16 bits per heavy atom. The van der Waals surface area contributed by atoms with Crippen LogP contribution in [-0.2, 0) is 12.4 Å². The minimum Gasteiger partial charge on any atom is -0.497 e. The third kappa shape index (κ3) is 3.60. The van der Waals surface area contributed by atoms with Crippen molar-refractivity contribution in [1.82, 2.24) is 0 Å². The molecular formula is C13H9Cl2NOS2. The van der Waals surface area contributed by atoms with Gasteiger partial charge in [0.1, 0.15) is 5.75 Å². The van der Waals surface area contributed by atoms with Gasteiger partial charge in [0.05, 0.1) is 22.8 Å². The summed E-state index contributed by atoms with van der Waals surface area (Å²) >= 11 is 18.5. The van der Waals surface area contributed by atoms with Gasteiger partial charge in [-0.3, -0.25) is 0 Å². The van der Waals surface area contributed by atoms with Crippen molar-refractivity contribution in [1.29, 1.82) is 0 Å². The quantitative estimate of drug-likeness (QED) is 0.737. The van der Waals surface area contributed by atoms with Gasteiger partial charge < -0.3 is 4.74 Å². The molecule has 0 radical (unpaired) electrons. The number of hydrogen-bond donors (Lipinski definition) is 0. The molecule has 0 aliphatic rings. The van der Waals surface area contributed by atoms with E-state index >= 15 is 0 Å². The van der Waals surface area contributed by atoms with Gasteiger partial charge in [-0.15, -0.1) is 0 Å². The molecule has 2 rings (SSSR count). The predicted molar refractivity (Wildman–Crippen MR) is 83.0 cm³/mol. The highest BCUT2D eigenvalue weighted by atomic mass is 35.5. The molecule has 0 unspecified atom stereocenters. The van der Waals surface area contributed by atoms with Crippen LogP contribution in [0.3, 0.4) is 0 Å². The maximum atomic E-state index is 6.19. The monoisotopic (exact) mass is 329 g/mol. The Morgan fingerprint density at radius 1 is 1.11 bits per heavy atom. The van der Waals surface area contributed by atoms with Crippen molar-refractivity contribution >= 4 is 53.1 Å². The van der Waals surface area contributed by atoms with Crippen LogP contribution in [0, 0.1) is 0 Å². The first-order chi connectivity index (χ1) is 9.13. The van der Waals surface area contributed by atoms with Crippen LogP contribution in [0.5, 0.6) is 5.75 Å². The Kier molecular flexibility index (Phi) is 5.05. The summed E-state index contributed by atoms with van der Waals surface area (Å²) in [5.74, 6) is 0.807. The third-order valence-corrected chi connectivity index (χ3v) is 4.55. The zero-order valence-corrected chi connectivity index (χ0v) is 13.0. The zero-order chi connectivity index (χ0) is 13.8. The smallest absolute Gasteiger partial charge is 0.118 e. The molecule has 6 heteroatoms. The van der Waals surface area contributed by atoms with Gasteiger partial charge in [-0.2, -0.15) is 4.36 Å². The summed E-state index contributed by atoms with van der Waals surface area (Å²) in [6, 6.07) is 11.1. The highest BCUT2D eigenvalue weighted by Crippen LogP contribution is 2.41. The van der Waals surface area contributed by atoms with Gasteiger partial charge in [0.25, 0.3) is 0 Å². The first-order valence-corrected chi connectivity index (χ1v) is 7.22. The maximum Gasteiger partial charge on any atom is 0.118 e. The number of rotatable bonds is 4. The van der Waals surface area contributed by atoms with Gasteiger partial charge in [-0.1, -0.05) is 35.0 Å². The van der Waals surface area contributed by atoms with Gasteiger partial charge >= 0.3 is 0 Å². The Labute approximate surface area is 131 Å². The summed E-state index contributed by atoms with van der Waals surface area (Å²) < 4.78 is 8.76. The van der Waals surface area contributed by atoms with E-state index in [4.69, 9.17) is 27.9 Å². The molecule has 2 nitrogen and oxygen atoms in total. The Morgan fingerprint density at radius 2 is 1.68 bits per heavy atom. The first-order valence-electron chi connectivity index (χ1n) is 5.28. The van der Waals surface area contributed by atoms with Crippen molar-refractivity contribution < 1.29 is 4.74 Å². The fourth-order valence-corrected chi connectivity index (χ4v) is 3.09. The molecular weight excluding hydrogens is 321 g/mol. The molecule has 19 heavy (non-hydrogen) atoms. The number of hydrogen-bond acceptors (Lipinski definition) is 4. The fraction of sp³-hybridized carbons (Fsp3) is 0.0769. The molecule has 0 aliphatic carbocycles. The molecule has 0 fully saturated rings. The maximum absolute atomic E-state index is 6.19. The molecule has 2 aromatic rings. The Balaban J connectivity index is 2.29. The summed E-state index contributed by atoms with van der Waals surface area (Å²) in [6.45, 7) is 0. The van der Waals surface area contributed by atoms with Crippen LogP contribution >= 0.6 is 35.0 Å². The van der Waals surface area contributed by atoms with Gasteiger partial charge in [-0.05, 0) is 36.4 Å². The van der Waals surface area contributed by atoms with E-state index in [2.05, 4.69) is 16.8 Å². The van der Waals surface area contributed by atoms with Crippen molar-refractivity contribution in [3.63, 3.8) is 0 Å². The van der Waals surface area contributed by atoms with Gasteiger partial charge in [-0.25, -0.2) is 0 Å². The second-order valence-corrected chi connectivity index (χ2v) is 5.69. The minimum atomic E-state index is 0.539. The number of methoxy groups -OCH3 is 1. The van der Waals surface area contributed by atoms with Crippen LogP contribution in [0.1, 0.15) is 0 Å². The fourth-order valence-electron chi connectivity index (χ4n) is 1.46. The zero-order valence-electron chi connectivity index (χ0n) is 9.89. The first kappa shape index (κ1) is 14.6. The van der Waals surface area contributed by atoms with Crippen molar-refractivity contribution in [2.75, 3.05) is 7.11 Å². The number of nitrogens with zero attached hydrogens (tertiary/aromatic N) is 1. The van der Waals surface area contributed by atoms with Crippen LogP contribution in [0.15, 0.2) is 50.6 Å². The lowest BCUT2D eigenvalue weighted by atomic mass is 10.3. The van der Waals surface area contributed by atoms with E-state index in [0.717, 1.165) is 15.5 Å². The predicted octanol–water partition coefficient (Wildman–Crippen LogP) is 5.52. The highest BCUT2D eigenvalue weighted by Gasteiger charge is 2.10. The van der Waals surface area contributed by atoms with Crippen LogP contribution < -0.4 is 4.74 Å². The normalized spacial score (nSPS) is 10.3. The van der Waals surface area contributed by atoms with E-state index in [9.17, 15) is 0 Å². The van der Waals surface area contributed by atoms with Crippen LogP contribution in [0.4, 0.5) is 5.69 Å². The number of halogens is 2. The van der Waals surface area contributed by atoms with E-state index in [0.29, 0.717) is 15.7 Å². The van der Waals surface area contributed by atoms with Crippen molar-refractivity contribution in [2.45, 2.75) is 9.79 Å². The largest absolute Gasteiger partial charge is 0.497 e. The molecule has 0 aliphatic heterocycles. The Bertz CT molecular complexity index is 579. The lowest BCUT2D eigenvalue weighted by Crippen LogP contribution is -1.82. The van der Waals surface area contributed by atoms with Gasteiger partial charge in [0.2, 0.25) is 0 Å². The van der Waals surface area contributed by atoms with Crippen LogP contribution in [-0.4, -0.2) is 7.11 Å². The van der Waals surface area contributed by atoms with Crippen LogP contribution in [0.25, 0.3) is 0 Å². The molecule has 0 saturated carbocycles. The molecule has 2 aromatic carbocycles. The molecule has 98 valence electrons. The van der Waals surface area contributed by atoms with E-state index in [-0.39, 0.29) is 0 Å². The van der Waals surface area contributed by atoms with E-state index in [1.165, 1.54) is 11.8 Å². The summed E-state index contributed by atoms with van der Waals surface area (Å²) in [5.41, 5.74) is 0.587. The number of benzene rings is 2. The molecule has 0 saturated heterocycles. The molecule has 0 amide bonds. The van der Waals surface area contributed by atoms with Crippen molar-refractivity contribution in [2.24, 2.45) is 4.36 Å². The lowest BCUT2D eigenvalue weighted by molar-refractivity contribution is 0.414. The molecule has 0 atom stereocenters. The molecule has 0 aromatic heterocycles. The average Bonchev–Trinajstić information content (AvgIpc) is 2.43. The van der Waals surface area contributed by atoms with E-state index < -0.39 is 0 Å². The average molecular weight is 330 g/mol.